The molecule has 0 spiro atoms. The number of aromatic nitrogens is 3. The van der Waals surface area contributed by atoms with E-state index in [2.05, 4.69) is 20.8 Å². The molecule has 1 aliphatic rings. The van der Waals surface area contributed by atoms with Gasteiger partial charge in [-0.15, -0.1) is 11.3 Å². The molecule has 0 unspecified atom stereocenters. The first kappa shape index (κ1) is 17.8. The van der Waals surface area contributed by atoms with E-state index < -0.39 is 0 Å². The maximum Gasteiger partial charge on any atom is 0.258 e. The Morgan fingerprint density at radius 2 is 1.69 bits per heavy atom. The van der Waals surface area contributed by atoms with E-state index in [0.717, 1.165) is 28.1 Å². The minimum absolute atomic E-state index is 0.109. The van der Waals surface area contributed by atoms with Gasteiger partial charge >= 0.3 is 0 Å². The number of carbonyl (C=O) groups excluding carboxylic acids is 1. The summed E-state index contributed by atoms with van der Waals surface area (Å²) in [7, 11) is 0. The van der Waals surface area contributed by atoms with Crippen LogP contribution < -0.4 is 5.32 Å². The minimum atomic E-state index is -0.109. The third kappa shape index (κ3) is 3.82. The number of carbonyl (C=O) groups is 1. The molecule has 144 valence electrons. The van der Waals surface area contributed by atoms with Crippen molar-refractivity contribution in [1.29, 1.82) is 0 Å². The second kappa shape index (κ2) is 7.25. The van der Waals surface area contributed by atoms with E-state index in [1.165, 1.54) is 24.8 Å². The lowest BCUT2D eigenvalue weighted by atomic mass is 10.1. The van der Waals surface area contributed by atoms with Gasteiger partial charge in [-0.25, -0.2) is 4.98 Å². The van der Waals surface area contributed by atoms with Gasteiger partial charge in [-0.2, -0.15) is 4.98 Å². The molecule has 29 heavy (non-hydrogen) atoms. The Hall–Kier alpha value is -3.32. The Labute approximate surface area is 171 Å². The Kier molecular flexibility index (Phi) is 4.44. The lowest BCUT2D eigenvalue weighted by Crippen LogP contribution is -2.05. The average molecular weight is 402 g/mol. The predicted octanol–water partition coefficient (Wildman–Crippen LogP) is 5.36. The SMILES string of the molecule is CC(=O)Nc1ccc(-c2nc(-c3ccc(-c4csc(C5CC5)n4)cc3)no2)cc1. The Bertz CT molecular complexity index is 1160. The highest BCUT2D eigenvalue weighted by Crippen LogP contribution is 2.42. The van der Waals surface area contributed by atoms with Gasteiger partial charge in [-0.1, -0.05) is 29.4 Å². The van der Waals surface area contributed by atoms with Crippen molar-refractivity contribution < 1.29 is 9.32 Å². The molecular weight excluding hydrogens is 384 g/mol. The molecule has 0 bridgehead atoms. The van der Waals surface area contributed by atoms with Gasteiger partial charge in [0.05, 0.1) is 10.7 Å². The fourth-order valence-electron chi connectivity index (χ4n) is 3.09. The molecule has 1 N–H and O–H groups in total. The molecule has 5 rings (SSSR count). The molecule has 2 aromatic carbocycles. The molecule has 4 aromatic rings. The monoisotopic (exact) mass is 402 g/mol. The fraction of sp³-hybridized carbons (Fsp3) is 0.182. The number of benzene rings is 2. The van der Waals surface area contributed by atoms with E-state index in [4.69, 9.17) is 9.51 Å². The number of hydrogen-bond acceptors (Lipinski definition) is 6. The van der Waals surface area contributed by atoms with Gasteiger partial charge in [0, 0.05) is 40.6 Å². The topological polar surface area (TPSA) is 80.9 Å². The first-order valence-electron chi connectivity index (χ1n) is 9.44. The molecule has 6 nitrogen and oxygen atoms in total. The van der Waals surface area contributed by atoms with Crippen molar-refractivity contribution in [2.45, 2.75) is 25.7 Å². The maximum absolute atomic E-state index is 11.1. The number of amides is 1. The van der Waals surface area contributed by atoms with Crippen molar-refractivity contribution in [3.05, 3.63) is 58.9 Å². The second-order valence-corrected chi connectivity index (χ2v) is 7.99. The number of nitrogens with one attached hydrogen (secondary N) is 1. The van der Waals surface area contributed by atoms with Crippen LogP contribution in [0.15, 0.2) is 58.4 Å². The van der Waals surface area contributed by atoms with E-state index in [0.29, 0.717) is 17.6 Å². The molecule has 0 atom stereocenters. The van der Waals surface area contributed by atoms with E-state index in [1.807, 2.05) is 36.4 Å². The van der Waals surface area contributed by atoms with Crippen LogP contribution in [0.5, 0.6) is 0 Å². The Morgan fingerprint density at radius 3 is 2.38 bits per heavy atom. The Morgan fingerprint density at radius 1 is 1.00 bits per heavy atom. The van der Waals surface area contributed by atoms with Crippen LogP contribution >= 0.6 is 11.3 Å². The van der Waals surface area contributed by atoms with Crippen LogP contribution in [0.4, 0.5) is 5.69 Å². The van der Waals surface area contributed by atoms with Gasteiger partial charge in [0.2, 0.25) is 11.7 Å². The molecule has 1 amide bonds. The molecule has 2 aromatic heterocycles. The highest BCUT2D eigenvalue weighted by molar-refractivity contribution is 7.10. The Balaban J connectivity index is 1.33. The van der Waals surface area contributed by atoms with Gasteiger partial charge in [0.15, 0.2) is 0 Å². The summed E-state index contributed by atoms with van der Waals surface area (Å²) >= 11 is 1.75. The van der Waals surface area contributed by atoms with Crippen molar-refractivity contribution in [3.63, 3.8) is 0 Å². The van der Waals surface area contributed by atoms with Gasteiger partial charge in [-0.3, -0.25) is 4.79 Å². The lowest BCUT2D eigenvalue weighted by molar-refractivity contribution is -0.114. The molecule has 1 aliphatic carbocycles. The van der Waals surface area contributed by atoms with Crippen LogP contribution in [0.1, 0.15) is 30.7 Å². The van der Waals surface area contributed by atoms with Crippen molar-refractivity contribution >= 4 is 22.9 Å². The van der Waals surface area contributed by atoms with Gasteiger partial charge in [-0.05, 0) is 37.1 Å². The van der Waals surface area contributed by atoms with Crippen LogP contribution in [-0.4, -0.2) is 21.0 Å². The summed E-state index contributed by atoms with van der Waals surface area (Å²) in [5.41, 5.74) is 4.52. The number of rotatable bonds is 5. The molecule has 0 aliphatic heterocycles. The molecular formula is C22H18N4O2S. The molecule has 1 saturated carbocycles. The zero-order valence-corrected chi connectivity index (χ0v) is 16.6. The van der Waals surface area contributed by atoms with Gasteiger partial charge in [0.1, 0.15) is 0 Å². The number of hydrogen-bond donors (Lipinski definition) is 1. The van der Waals surface area contributed by atoms with E-state index in [-0.39, 0.29) is 5.91 Å². The number of nitrogens with zero attached hydrogens (tertiary/aromatic N) is 3. The summed E-state index contributed by atoms with van der Waals surface area (Å²) in [6, 6.07) is 15.3. The van der Waals surface area contributed by atoms with Crippen LogP contribution in [0, 0.1) is 0 Å². The third-order valence-electron chi connectivity index (χ3n) is 4.77. The van der Waals surface area contributed by atoms with Crippen LogP contribution in [0.25, 0.3) is 34.1 Å². The van der Waals surface area contributed by atoms with E-state index >= 15 is 0 Å². The van der Waals surface area contributed by atoms with Crippen molar-refractivity contribution in [2.75, 3.05) is 5.32 Å². The largest absolute Gasteiger partial charge is 0.334 e. The van der Waals surface area contributed by atoms with Crippen LogP contribution in [-0.2, 0) is 4.79 Å². The summed E-state index contributed by atoms with van der Waals surface area (Å²) in [5.74, 6) is 1.54. The quantitative estimate of drug-likeness (QED) is 0.486. The fourth-order valence-corrected chi connectivity index (χ4v) is 4.09. The average Bonchev–Trinajstić information content (AvgIpc) is 3.26. The third-order valence-corrected chi connectivity index (χ3v) is 5.77. The summed E-state index contributed by atoms with van der Waals surface area (Å²) in [6.45, 7) is 1.48. The molecule has 0 saturated heterocycles. The highest BCUT2D eigenvalue weighted by atomic mass is 32.1. The van der Waals surface area contributed by atoms with E-state index in [1.54, 1.807) is 23.5 Å². The first-order valence-corrected chi connectivity index (χ1v) is 10.3. The predicted molar refractivity (Wildman–Crippen MR) is 113 cm³/mol. The van der Waals surface area contributed by atoms with Crippen LogP contribution in [0.3, 0.4) is 0 Å². The second-order valence-electron chi connectivity index (χ2n) is 7.10. The maximum atomic E-state index is 11.1. The van der Waals surface area contributed by atoms with Gasteiger partial charge in [0.25, 0.3) is 5.89 Å². The van der Waals surface area contributed by atoms with Crippen LogP contribution in [0.2, 0.25) is 0 Å². The molecule has 7 heteroatoms. The lowest BCUT2D eigenvalue weighted by Gasteiger charge is -2.01. The smallest absolute Gasteiger partial charge is 0.258 e. The highest BCUT2D eigenvalue weighted by Gasteiger charge is 2.26. The zero-order chi connectivity index (χ0) is 19.8. The van der Waals surface area contributed by atoms with Crippen molar-refractivity contribution in [1.82, 2.24) is 15.1 Å². The molecule has 0 radical (unpaired) electrons. The molecule has 1 fully saturated rings. The number of thiazole rings is 1. The number of anilines is 1. The summed E-state index contributed by atoms with van der Waals surface area (Å²) in [6.07, 6.45) is 2.53. The summed E-state index contributed by atoms with van der Waals surface area (Å²) in [5, 5.41) is 10.2. The normalized spacial score (nSPS) is 13.4. The minimum Gasteiger partial charge on any atom is -0.334 e. The van der Waals surface area contributed by atoms with Gasteiger partial charge < -0.3 is 9.84 Å². The molecule has 2 heterocycles. The summed E-state index contributed by atoms with van der Waals surface area (Å²) < 4.78 is 5.42. The van der Waals surface area contributed by atoms with E-state index in [9.17, 15) is 4.79 Å². The van der Waals surface area contributed by atoms with Crippen molar-refractivity contribution in [3.8, 4) is 34.1 Å². The standard InChI is InChI=1S/C22H18N4O2S/c1-13(27)23-18-10-8-16(9-11-18)21-25-20(26-28-21)15-4-2-14(3-5-15)19-12-29-22(24-19)17-6-7-17/h2-5,8-12,17H,6-7H2,1H3,(H,23,27). The van der Waals surface area contributed by atoms with Crippen molar-refractivity contribution in [2.24, 2.45) is 0 Å². The summed E-state index contributed by atoms with van der Waals surface area (Å²) in [4.78, 5) is 20.4. The first-order chi connectivity index (χ1) is 14.2. The zero-order valence-electron chi connectivity index (χ0n) is 15.8.